The number of benzene rings is 1. The lowest BCUT2D eigenvalue weighted by Gasteiger charge is -2.28. The molecule has 0 radical (unpaired) electrons. The van der Waals surface area contributed by atoms with E-state index in [1.807, 2.05) is 0 Å². The molecule has 1 fully saturated rings. The SMILES string of the molecule is COC(=O)[C@@H]1CC[C@@H](c2cccc(C)c2)CN1. The van der Waals surface area contributed by atoms with Crippen LogP contribution >= 0.6 is 0 Å². The predicted octanol–water partition coefficient (Wildman–Crippen LogP) is 2.00. The van der Waals surface area contributed by atoms with Crippen molar-refractivity contribution in [2.45, 2.75) is 31.7 Å². The third kappa shape index (κ3) is 2.86. The summed E-state index contributed by atoms with van der Waals surface area (Å²) in [6.45, 7) is 2.96. The van der Waals surface area contributed by atoms with Crippen molar-refractivity contribution in [1.29, 1.82) is 0 Å². The van der Waals surface area contributed by atoms with Crippen molar-refractivity contribution in [1.82, 2.24) is 5.32 Å². The van der Waals surface area contributed by atoms with Gasteiger partial charge in [-0.05, 0) is 31.2 Å². The van der Waals surface area contributed by atoms with Gasteiger partial charge >= 0.3 is 5.97 Å². The molecule has 0 bridgehead atoms. The molecule has 0 spiro atoms. The first-order valence-electron chi connectivity index (χ1n) is 6.08. The average Bonchev–Trinajstić information content (AvgIpc) is 2.38. The van der Waals surface area contributed by atoms with Gasteiger partial charge in [0, 0.05) is 6.54 Å². The van der Waals surface area contributed by atoms with Crippen LogP contribution in [0, 0.1) is 6.92 Å². The number of aryl methyl sites for hydroxylation is 1. The standard InChI is InChI=1S/C14H19NO2/c1-10-4-3-5-11(8-10)12-6-7-13(15-9-12)14(16)17-2/h3-5,8,12-13,15H,6-7,9H2,1-2H3/t12-,13+/m1/s1. The number of carbonyl (C=O) groups excluding carboxylic acids is 1. The highest BCUT2D eigenvalue weighted by Crippen LogP contribution is 2.26. The van der Waals surface area contributed by atoms with E-state index in [1.165, 1.54) is 18.2 Å². The lowest BCUT2D eigenvalue weighted by molar-refractivity contribution is -0.143. The largest absolute Gasteiger partial charge is 0.468 e. The van der Waals surface area contributed by atoms with Gasteiger partial charge in [0.25, 0.3) is 0 Å². The lowest BCUT2D eigenvalue weighted by Crippen LogP contribution is -2.43. The fourth-order valence-corrected chi connectivity index (χ4v) is 2.41. The van der Waals surface area contributed by atoms with E-state index in [-0.39, 0.29) is 12.0 Å². The topological polar surface area (TPSA) is 38.3 Å². The number of carbonyl (C=O) groups is 1. The maximum atomic E-state index is 11.4. The van der Waals surface area contributed by atoms with Crippen LogP contribution in [0.3, 0.4) is 0 Å². The van der Waals surface area contributed by atoms with E-state index < -0.39 is 0 Å². The van der Waals surface area contributed by atoms with Crippen LogP contribution < -0.4 is 5.32 Å². The zero-order valence-electron chi connectivity index (χ0n) is 10.4. The van der Waals surface area contributed by atoms with Gasteiger partial charge in [-0.1, -0.05) is 29.8 Å². The third-order valence-corrected chi connectivity index (χ3v) is 3.41. The van der Waals surface area contributed by atoms with E-state index in [0.717, 1.165) is 19.4 Å². The maximum absolute atomic E-state index is 11.4. The highest BCUT2D eigenvalue weighted by Gasteiger charge is 2.26. The normalized spacial score (nSPS) is 24.4. The van der Waals surface area contributed by atoms with Gasteiger partial charge in [-0.15, -0.1) is 0 Å². The maximum Gasteiger partial charge on any atom is 0.322 e. The van der Waals surface area contributed by atoms with Gasteiger partial charge in [0.05, 0.1) is 7.11 Å². The molecular formula is C14H19NO2. The molecule has 2 rings (SSSR count). The van der Waals surface area contributed by atoms with Crippen molar-refractivity contribution in [2.24, 2.45) is 0 Å². The Morgan fingerprint density at radius 2 is 2.24 bits per heavy atom. The molecule has 92 valence electrons. The van der Waals surface area contributed by atoms with Crippen molar-refractivity contribution in [2.75, 3.05) is 13.7 Å². The Balaban J connectivity index is 1.97. The van der Waals surface area contributed by atoms with Crippen LogP contribution in [0.2, 0.25) is 0 Å². The van der Waals surface area contributed by atoms with Crippen molar-refractivity contribution >= 4 is 5.97 Å². The predicted molar refractivity (Wildman–Crippen MR) is 67.0 cm³/mol. The number of rotatable bonds is 2. The van der Waals surface area contributed by atoms with Gasteiger partial charge in [-0.25, -0.2) is 0 Å². The highest BCUT2D eigenvalue weighted by atomic mass is 16.5. The van der Waals surface area contributed by atoms with Gasteiger partial charge in [0.1, 0.15) is 6.04 Å². The summed E-state index contributed by atoms with van der Waals surface area (Å²) in [5.41, 5.74) is 2.65. The highest BCUT2D eigenvalue weighted by molar-refractivity contribution is 5.75. The van der Waals surface area contributed by atoms with Crippen LogP contribution in [-0.2, 0) is 9.53 Å². The van der Waals surface area contributed by atoms with Crippen molar-refractivity contribution in [3.05, 3.63) is 35.4 Å². The molecule has 1 N–H and O–H groups in total. The molecule has 1 aliphatic rings. The average molecular weight is 233 g/mol. The summed E-state index contributed by atoms with van der Waals surface area (Å²) in [5, 5.41) is 3.26. The molecule has 0 aromatic heterocycles. The van der Waals surface area contributed by atoms with Crippen LogP contribution in [0.5, 0.6) is 0 Å². The van der Waals surface area contributed by atoms with Gasteiger partial charge in [0.15, 0.2) is 0 Å². The molecule has 1 heterocycles. The minimum Gasteiger partial charge on any atom is -0.468 e. The first-order valence-corrected chi connectivity index (χ1v) is 6.08. The minimum absolute atomic E-state index is 0.124. The number of nitrogens with one attached hydrogen (secondary N) is 1. The Labute approximate surface area is 102 Å². The van der Waals surface area contributed by atoms with Crippen LogP contribution in [-0.4, -0.2) is 25.7 Å². The summed E-state index contributed by atoms with van der Waals surface area (Å²) < 4.78 is 4.75. The number of hydrogen-bond acceptors (Lipinski definition) is 3. The van der Waals surface area contributed by atoms with Gasteiger partial charge in [0.2, 0.25) is 0 Å². The molecule has 0 saturated carbocycles. The van der Waals surface area contributed by atoms with E-state index in [9.17, 15) is 4.79 Å². The number of methoxy groups -OCH3 is 1. The molecule has 0 unspecified atom stereocenters. The van der Waals surface area contributed by atoms with Crippen molar-refractivity contribution < 1.29 is 9.53 Å². The van der Waals surface area contributed by atoms with Crippen LogP contribution in [0.25, 0.3) is 0 Å². The lowest BCUT2D eigenvalue weighted by atomic mass is 9.88. The molecule has 1 saturated heterocycles. The molecule has 2 atom stereocenters. The third-order valence-electron chi connectivity index (χ3n) is 3.41. The Hall–Kier alpha value is -1.35. The fourth-order valence-electron chi connectivity index (χ4n) is 2.41. The number of ether oxygens (including phenoxy) is 1. The second kappa shape index (κ2) is 5.32. The Kier molecular flexibility index (Phi) is 3.79. The first kappa shape index (κ1) is 12.1. The van der Waals surface area contributed by atoms with E-state index >= 15 is 0 Å². The zero-order chi connectivity index (χ0) is 12.3. The smallest absolute Gasteiger partial charge is 0.322 e. The van der Waals surface area contributed by atoms with E-state index in [1.54, 1.807) is 0 Å². The van der Waals surface area contributed by atoms with E-state index in [4.69, 9.17) is 4.74 Å². The molecule has 1 aromatic rings. The second-order valence-electron chi connectivity index (χ2n) is 4.67. The molecule has 3 heteroatoms. The molecule has 0 aliphatic carbocycles. The minimum atomic E-state index is -0.146. The monoisotopic (exact) mass is 233 g/mol. The molecule has 1 aliphatic heterocycles. The Bertz CT molecular complexity index is 395. The van der Waals surface area contributed by atoms with E-state index in [2.05, 4.69) is 36.5 Å². The van der Waals surface area contributed by atoms with E-state index in [0.29, 0.717) is 5.92 Å². The summed E-state index contributed by atoms with van der Waals surface area (Å²) in [5.74, 6) is 0.364. The Morgan fingerprint density at radius 3 is 2.82 bits per heavy atom. The number of hydrogen-bond donors (Lipinski definition) is 1. The zero-order valence-corrected chi connectivity index (χ0v) is 10.4. The van der Waals surface area contributed by atoms with Crippen LogP contribution in [0.15, 0.2) is 24.3 Å². The molecular weight excluding hydrogens is 214 g/mol. The summed E-state index contributed by atoms with van der Waals surface area (Å²) in [6, 6.07) is 8.47. The van der Waals surface area contributed by atoms with Crippen molar-refractivity contribution in [3.63, 3.8) is 0 Å². The Morgan fingerprint density at radius 1 is 1.41 bits per heavy atom. The first-order chi connectivity index (χ1) is 8.20. The second-order valence-corrected chi connectivity index (χ2v) is 4.67. The summed E-state index contributed by atoms with van der Waals surface area (Å²) in [4.78, 5) is 11.4. The van der Waals surface area contributed by atoms with Gasteiger partial charge in [-0.2, -0.15) is 0 Å². The van der Waals surface area contributed by atoms with Crippen LogP contribution in [0.1, 0.15) is 29.9 Å². The van der Waals surface area contributed by atoms with Gasteiger partial charge < -0.3 is 10.1 Å². The summed E-state index contributed by atoms with van der Waals surface area (Å²) in [7, 11) is 1.44. The number of esters is 1. The van der Waals surface area contributed by atoms with Crippen molar-refractivity contribution in [3.8, 4) is 0 Å². The fraction of sp³-hybridized carbons (Fsp3) is 0.500. The number of piperidine rings is 1. The van der Waals surface area contributed by atoms with Crippen LogP contribution in [0.4, 0.5) is 0 Å². The molecule has 17 heavy (non-hydrogen) atoms. The summed E-state index contributed by atoms with van der Waals surface area (Å²) in [6.07, 6.45) is 1.89. The summed E-state index contributed by atoms with van der Waals surface area (Å²) >= 11 is 0. The molecule has 0 amide bonds. The molecule has 1 aromatic carbocycles. The van der Waals surface area contributed by atoms with Gasteiger partial charge in [-0.3, -0.25) is 4.79 Å². The molecule has 3 nitrogen and oxygen atoms in total. The quantitative estimate of drug-likeness (QED) is 0.794.